The third-order valence-corrected chi connectivity index (χ3v) is 19.3. The number of ketones is 1. The number of unbranched alkanes of at least 4 members (excludes halogenated alkanes) is 1. The van der Waals surface area contributed by atoms with Crippen LogP contribution in [-0.4, -0.2) is 209 Å². The van der Waals surface area contributed by atoms with Crippen molar-refractivity contribution in [1.82, 2.24) is 67.4 Å². The highest BCUT2D eigenvalue weighted by Crippen LogP contribution is 2.33. The summed E-state index contributed by atoms with van der Waals surface area (Å²) in [5, 5.41) is 32.8. The van der Waals surface area contributed by atoms with E-state index in [9.17, 15) is 38.4 Å². The van der Waals surface area contributed by atoms with Crippen molar-refractivity contribution in [3.63, 3.8) is 0 Å². The maximum atomic E-state index is 15.3. The molecule has 0 saturated carbocycles. The zero-order valence-corrected chi connectivity index (χ0v) is 56.8. The van der Waals surface area contributed by atoms with Crippen molar-refractivity contribution >= 4 is 87.7 Å². The molecule has 8 rings (SSSR count). The third kappa shape index (κ3) is 23.5. The molecule has 4 aliphatic rings. The number of aryl methyl sites for hydroxylation is 1. The quantitative estimate of drug-likeness (QED) is 0.0159. The molecule has 0 aliphatic carbocycles. The standard InChI is InChI=1S/C67H97N17O13S/c1-41(2)32-51-62(90)76-49(19-12-23-72-66(69)70)61(89)77-52(33-42-14-4-3-5-15-42)63(91)75-48(60(68)88)18-10-11-25-83-38-45(81-82-83)36-50(55(85)35-43(34-44-37-73-47-17-7-6-16-46(44)47)65(93)84-26-13-20-54(84)64(92)78-51)74-58(87)39-97-31-30-96-29-28-95-27-24-71-57(86)22-9-8-21-56-59-53(40-98-56)79-67(94)80-59/h3-7,14-17,37-38,41,43,48-54,56,59,73H,8-13,18-36,39-40H2,1-2H3,(H2,68,88)(H,71,86)(H,74,87)(H,75,91)(H,76,90)(H,77,89)(H,78,92)(H4,69,70,72)(H2,79,80,94)/t43-,48-,49+,50-,51+,52+,53+,54+,56+,59+/m0/s1. The minimum atomic E-state index is -1.28. The van der Waals surface area contributed by atoms with E-state index in [1.54, 1.807) is 47.4 Å². The van der Waals surface area contributed by atoms with E-state index >= 15 is 9.59 Å². The molecular weight excluding hydrogens is 1280 g/mol. The van der Waals surface area contributed by atoms with E-state index < -0.39 is 95.9 Å². The van der Waals surface area contributed by atoms with Crippen molar-refractivity contribution in [2.75, 3.05) is 65.0 Å². The molecule has 10 atom stereocenters. The smallest absolute Gasteiger partial charge is 0.315 e. The minimum Gasteiger partial charge on any atom is -0.377 e. The van der Waals surface area contributed by atoms with Crippen molar-refractivity contribution in [2.24, 2.45) is 34.0 Å². The largest absolute Gasteiger partial charge is 0.377 e. The zero-order chi connectivity index (χ0) is 69.9. The number of hydrogen-bond donors (Lipinski definition) is 12. The Labute approximate surface area is 574 Å². The molecule has 2 aromatic carbocycles. The first kappa shape index (κ1) is 75.1. The molecule has 10 amide bonds. The highest BCUT2D eigenvalue weighted by atomic mass is 32.2. The second kappa shape index (κ2) is 38.5. The Morgan fingerprint density at radius 1 is 0.724 bits per heavy atom. The Bertz CT molecular complexity index is 3370. The maximum absolute atomic E-state index is 15.3. The molecule has 98 heavy (non-hydrogen) atoms. The molecule has 3 saturated heterocycles. The number of nitrogens with two attached hydrogens (primary N) is 3. The number of aromatic nitrogens is 4. The van der Waals surface area contributed by atoms with Crippen LogP contribution in [0.3, 0.4) is 0 Å². The number of H-pyrrole nitrogens is 1. The van der Waals surface area contributed by atoms with Gasteiger partial charge in [0, 0.05) is 92.1 Å². The summed E-state index contributed by atoms with van der Waals surface area (Å²) in [5.41, 5.74) is 19.7. The van der Waals surface area contributed by atoms with E-state index in [2.05, 4.69) is 62.8 Å². The normalized spacial score (nSPS) is 23.9. The molecule has 4 aliphatic heterocycles. The van der Waals surface area contributed by atoms with Crippen LogP contribution in [0.4, 0.5) is 4.79 Å². The van der Waals surface area contributed by atoms with Crippen LogP contribution in [0.25, 0.3) is 10.9 Å². The summed E-state index contributed by atoms with van der Waals surface area (Å²) in [5.74, 6) is -5.75. The Hall–Kier alpha value is -8.68. The van der Waals surface area contributed by atoms with Gasteiger partial charge in [-0.2, -0.15) is 11.8 Å². The minimum absolute atomic E-state index is 0.000581. The molecule has 30 nitrogen and oxygen atoms in total. The van der Waals surface area contributed by atoms with Crippen LogP contribution >= 0.6 is 11.8 Å². The number of urea groups is 1. The van der Waals surface area contributed by atoms with Crippen molar-refractivity contribution in [2.45, 2.75) is 177 Å². The second-order valence-electron chi connectivity index (χ2n) is 25.8. The highest BCUT2D eigenvalue weighted by molar-refractivity contribution is 8.00. The van der Waals surface area contributed by atoms with Crippen LogP contribution in [0.5, 0.6) is 0 Å². The van der Waals surface area contributed by atoms with E-state index in [0.717, 1.165) is 41.5 Å². The number of Topliss-reactive ketones (excluding diaryl/α,β-unsaturated/α-hetero) is 1. The van der Waals surface area contributed by atoms with Crippen LogP contribution in [0.2, 0.25) is 0 Å². The SMILES string of the molecule is CC(C)C[C@H]1NC(=O)[C@H]2CCCN2C(=O)[C@@H](Cc2c[nH]c3ccccc23)CC(=O)[C@@H](NC(=O)COCCOCCOCCNC(=O)CCCC[C@H]2SC[C@H]3NC(=O)N[C@H]32)Cc2cn(nn2)CCCC[C@@H](C(N)=O)NC(=O)[C@@H](Cc2ccccc2)NC(=O)[C@@H](CCCN=C(N)N)NC1=O. The van der Waals surface area contributed by atoms with Gasteiger partial charge in [-0.1, -0.05) is 74.0 Å². The van der Waals surface area contributed by atoms with Crippen LogP contribution in [0.15, 0.2) is 72.0 Å². The second-order valence-corrected chi connectivity index (χ2v) is 27.1. The molecule has 0 spiro atoms. The fraction of sp³-hybridized carbons (Fsp3) is 0.597. The molecule has 2 aromatic heterocycles. The first-order valence-corrected chi connectivity index (χ1v) is 35.2. The van der Waals surface area contributed by atoms with E-state index in [1.165, 1.54) is 4.90 Å². The summed E-state index contributed by atoms with van der Waals surface area (Å²) in [4.78, 5) is 148. The van der Waals surface area contributed by atoms with E-state index in [4.69, 9.17) is 31.4 Å². The number of thioether (sulfide) groups is 1. The summed E-state index contributed by atoms with van der Waals surface area (Å²) < 4.78 is 18.5. The number of nitrogens with one attached hydrogen (secondary N) is 9. The number of benzene rings is 2. The van der Waals surface area contributed by atoms with Crippen LogP contribution in [0, 0.1) is 11.8 Å². The molecule has 31 heteroatoms. The average molecular weight is 1380 g/mol. The van der Waals surface area contributed by atoms with Gasteiger partial charge in [-0.05, 0) is 93.7 Å². The lowest BCUT2D eigenvalue weighted by molar-refractivity contribution is -0.144. The molecule has 534 valence electrons. The van der Waals surface area contributed by atoms with Gasteiger partial charge < -0.3 is 83.8 Å². The predicted octanol–water partition coefficient (Wildman–Crippen LogP) is 0.438. The predicted molar refractivity (Wildman–Crippen MR) is 365 cm³/mol. The maximum Gasteiger partial charge on any atom is 0.315 e. The van der Waals surface area contributed by atoms with Gasteiger partial charge in [0.15, 0.2) is 11.7 Å². The number of fused-ring (bicyclic) bond motifs is 5. The van der Waals surface area contributed by atoms with Crippen molar-refractivity contribution in [1.29, 1.82) is 0 Å². The number of primary amides is 1. The van der Waals surface area contributed by atoms with Crippen LogP contribution in [0.1, 0.15) is 114 Å². The molecule has 6 heterocycles. The van der Waals surface area contributed by atoms with E-state index in [0.29, 0.717) is 55.3 Å². The third-order valence-electron chi connectivity index (χ3n) is 17.8. The molecule has 2 bridgehead atoms. The molecule has 15 N–H and O–H groups in total. The summed E-state index contributed by atoms with van der Waals surface area (Å²) >= 11 is 1.85. The van der Waals surface area contributed by atoms with Gasteiger partial charge in [-0.25, -0.2) is 4.79 Å². The first-order valence-electron chi connectivity index (χ1n) is 34.1. The fourth-order valence-electron chi connectivity index (χ4n) is 12.7. The number of carbonyl (C=O) groups excluding carboxylic acids is 10. The number of aliphatic imine (C=N–C) groups is 1. The van der Waals surface area contributed by atoms with Crippen molar-refractivity contribution in [3.8, 4) is 0 Å². The Kier molecular flexibility index (Phi) is 29.5. The van der Waals surface area contributed by atoms with Gasteiger partial charge in [0.1, 0.15) is 36.8 Å². The lowest BCUT2D eigenvalue weighted by atomic mass is 9.89. The van der Waals surface area contributed by atoms with Crippen LogP contribution < -0.4 is 59.7 Å². The zero-order valence-electron chi connectivity index (χ0n) is 56.0. The lowest BCUT2D eigenvalue weighted by Gasteiger charge is -2.31. The molecule has 4 aromatic rings. The number of ether oxygens (including phenoxy) is 3. The Balaban J connectivity index is 0.943. The summed E-state index contributed by atoms with van der Waals surface area (Å²) in [6, 6.07) is 9.42. The summed E-state index contributed by atoms with van der Waals surface area (Å²) in [6.45, 7) is 5.08. The monoisotopic (exact) mass is 1380 g/mol. The van der Waals surface area contributed by atoms with E-state index in [1.807, 2.05) is 49.9 Å². The number of hydrogen-bond acceptors (Lipinski definition) is 17. The Morgan fingerprint density at radius 3 is 2.22 bits per heavy atom. The average Bonchev–Trinajstić information content (AvgIpc) is 1.78. The molecule has 0 radical (unpaired) electrons. The summed E-state index contributed by atoms with van der Waals surface area (Å²) in [7, 11) is 0. The van der Waals surface area contributed by atoms with E-state index in [-0.39, 0.29) is 140 Å². The number of aromatic amines is 1. The summed E-state index contributed by atoms with van der Waals surface area (Å²) in [6.07, 6.45) is 7.84. The topological polar surface area (TPSA) is 435 Å². The first-order chi connectivity index (χ1) is 47.3. The number of guanidine groups is 1. The van der Waals surface area contributed by atoms with Gasteiger partial charge in [-0.3, -0.25) is 52.8 Å². The fourth-order valence-corrected chi connectivity index (χ4v) is 14.3. The Morgan fingerprint density at radius 2 is 1.45 bits per heavy atom. The van der Waals surface area contributed by atoms with Gasteiger partial charge in [0.2, 0.25) is 47.3 Å². The molecule has 3 fully saturated rings. The van der Waals surface area contributed by atoms with Crippen LogP contribution in [-0.2, 0) is 83.2 Å². The van der Waals surface area contributed by atoms with Gasteiger partial charge >= 0.3 is 6.03 Å². The number of nitrogens with zero attached hydrogens (tertiary/aromatic N) is 5. The number of rotatable bonds is 28. The van der Waals surface area contributed by atoms with Crippen molar-refractivity contribution < 1.29 is 62.2 Å². The van der Waals surface area contributed by atoms with Gasteiger partial charge in [-0.15, -0.1) is 5.10 Å². The number of carbonyl (C=O) groups is 10. The number of para-hydroxylation sites is 1. The van der Waals surface area contributed by atoms with Gasteiger partial charge in [0.05, 0.1) is 56.9 Å². The van der Waals surface area contributed by atoms with Gasteiger partial charge in [0.25, 0.3) is 0 Å². The highest BCUT2D eigenvalue weighted by Gasteiger charge is 2.44. The molecular formula is C67H97N17O13S. The lowest BCUT2D eigenvalue weighted by Crippen LogP contribution is -2.59. The number of amides is 10. The molecule has 0 unspecified atom stereocenters. The van der Waals surface area contributed by atoms with Crippen molar-refractivity contribution in [3.05, 3.63) is 83.8 Å².